The van der Waals surface area contributed by atoms with Gasteiger partial charge in [-0.2, -0.15) is 26.3 Å². The topological polar surface area (TPSA) is 78.8 Å². The van der Waals surface area contributed by atoms with Crippen LogP contribution in [0, 0.1) is 5.92 Å². The van der Waals surface area contributed by atoms with Crippen LogP contribution < -0.4 is 4.72 Å². The zero-order valence-electron chi connectivity index (χ0n) is 16.0. The predicted molar refractivity (Wildman–Crippen MR) is 99.2 cm³/mol. The number of halogens is 6. The Labute approximate surface area is 170 Å². The van der Waals surface area contributed by atoms with E-state index in [0.29, 0.717) is 18.9 Å². The van der Waals surface area contributed by atoms with Crippen LogP contribution >= 0.6 is 0 Å². The second kappa shape index (κ2) is 8.83. The fourth-order valence-electron chi connectivity index (χ4n) is 3.20. The molecule has 0 heterocycles. The van der Waals surface area contributed by atoms with Gasteiger partial charge in [0.1, 0.15) is 0 Å². The van der Waals surface area contributed by atoms with Crippen molar-refractivity contribution in [3.63, 3.8) is 0 Å². The smallest absolute Gasteiger partial charge is 0.373 e. The highest BCUT2D eigenvalue weighted by Crippen LogP contribution is 2.50. The first-order chi connectivity index (χ1) is 13.7. The van der Waals surface area contributed by atoms with Gasteiger partial charge in [0, 0.05) is 18.2 Å². The molecule has 2 unspecified atom stereocenters. The minimum absolute atomic E-state index is 0.0841. The number of allylic oxidation sites excluding steroid dienone is 5. The largest absolute Gasteiger partial charge is 0.426 e. The third kappa shape index (κ3) is 5.33. The Morgan fingerprint density at radius 1 is 1.20 bits per heavy atom. The molecule has 2 aliphatic carbocycles. The van der Waals surface area contributed by atoms with Crippen LogP contribution in [0.2, 0.25) is 0 Å². The van der Waals surface area contributed by atoms with Crippen LogP contribution in [0.4, 0.5) is 26.3 Å². The van der Waals surface area contributed by atoms with Crippen LogP contribution in [0.5, 0.6) is 0 Å². The van der Waals surface area contributed by atoms with Crippen molar-refractivity contribution < 1.29 is 39.9 Å². The van der Waals surface area contributed by atoms with Gasteiger partial charge in [-0.1, -0.05) is 18.2 Å². The summed E-state index contributed by atoms with van der Waals surface area (Å²) < 4.78 is 105. The van der Waals surface area contributed by atoms with Gasteiger partial charge in [0.2, 0.25) is 10.0 Å². The highest BCUT2D eigenvalue weighted by atomic mass is 32.2. The maximum absolute atomic E-state index is 12.9. The summed E-state index contributed by atoms with van der Waals surface area (Å²) >= 11 is 0. The molecule has 0 aliphatic heterocycles. The van der Waals surface area contributed by atoms with Crippen LogP contribution in [-0.2, 0) is 10.0 Å². The van der Waals surface area contributed by atoms with E-state index in [1.807, 2.05) is 6.08 Å². The van der Waals surface area contributed by atoms with Gasteiger partial charge in [-0.25, -0.2) is 13.1 Å². The van der Waals surface area contributed by atoms with Crippen molar-refractivity contribution in [3.8, 4) is 0 Å². The molecule has 30 heavy (non-hydrogen) atoms. The van der Waals surface area contributed by atoms with Gasteiger partial charge >= 0.3 is 12.4 Å². The first-order valence-electron chi connectivity index (χ1n) is 9.14. The molecule has 0 bridgehead atoms. The molecule has 0 saturated carbocycles. The van der Waals surface area contributed by atoms with Crippen LogP contribution in [0.3, 0.4) is 0 Å². The maximum atomic E-state index is 12.9. The van der Waals surface area contributed by atoms with Crippen molar-refractivity contribution in [2.24, 2.45) is 10.9 Å². The highest BCUT2D eigenvalue weighted by Gasteiger charge is 2.73. The monoisotopic (exact) mass is 460 g/mol. The standard InChI is InChI=1S/C18H22F6N2O3S/c1-12(11-25-30(28,29)15-5-3-2-4-6-15)26-14-9-7-13(8-10-14)16(27,17(19,20)21)18(22,23)24/h2-3,5,7,9,12-13,25,27H,4,6,8,10-11H2,1H3. The Morgan fingerprint density at radius 2 is 1.83 bits per heavy atom. The van der Waals surface area contributed by atoms with Crippen molar-refractivity contribution in [2.75, 3.05) is 6.54 Å². The molecule has 2 N–H and O–H groups in total. The summed E-state index contributed by atoms with van der Waals surface area (Å²) in [4.78, 5) is 4.38. The molecule has 0 spiro atoms. The third-order valence-corrected chi connectivity index (χ3v) is 6.49. The molecule has 170 valence electrons. The van der Waals surface area contributed by atoms with E-state index in [2.05, 4.69) is 9.71 Å². The first kappa shape index (κ1) is 24.6. The van der Waals surface area contributed by atoms with E-state index in [-0.39, 0.29) is 23.6 Å². The predicted octanol–water partition coefficient (Wildman–Crippen LogP) is 3.79. The molecule has 0 aromatic heterocycles. The van der Waals surface area contributed by atoms with Gasteiger partial charge in [-0.15, -0.1) is 0 Å². The molecule has 0 fully saturated rings. The Hall–Kier alpha value is -1.66. The fraction of sp³-hybridized carbons (Fsp3) is 0.611. The molecule has 2 rings (SSSR count). The summed E-state index contributed by atoms with van der Waals surface area (Å²) in [5.41, 5.74) is -4.62. The van der Waals surface area contributed by atoms with Crippen LogP contribution in [-0.4, -0.2) is 49.8 Å². The second-order valence-corrected chi connectivity index (χ2v) is 9.01. The van der Waals surface area contributed by atoms with Gasteiger partial charge in [0.25, 0.3) is 5.60 Å². The van der Waals surface area contributed by atoms with E-state index in [9.17, 15) is 39.9 Å². The molecule has 0 radical (unpaired) electrons. The van der Waals surface area contributed by atoms with Gasteiger partial charge in [0.05, 0.1) is 10.9 Å². The average molecular weight is 460 g/mol. The first-order valence-corrected chi connectivity index (χ1v) is 10.6. The molecule has 0 aromatic carbocycles. The fourth-order valence-corrected chi connectivity index (χ4v) is 4.49. The van der Waals surface area contributed by atoms with E-state index in [1.165, 1.54) is 6.08 Å². The Morgan fingerprint density at radius 3 is 2.30 bits per heavy atom. The normalized spacial score (nSPS) is 23.5. The van der Waals surface area contributed by atoms with E-state index in [1.54, 1.807) is 13.0 Å². The van der Waals surface area contributed by atoms with E-state index >= 15 is 0 Å². The zero-order chi connectivity index (χ0) is 22.8. The molecule has 2 atom stereocenters. The molecule has 0 saturated heterocycles. The van der Waals surface area contributed by atoms with Crippen molar-refractivity contribution >= 4 is 15.7 Å². The molecule has 0 aromatic rings. The summed E-state index contributed by atoms with van der Waals surface area (Å²) in [5, 5.41) is 9.45. The van der Waals surface area contributed by atoms with E-state index in [0.717, 1.165) is 6.08 Å². The lowest BCUT2D eigenvalue weighted by Gasteiger charge is -2.38. The number of hydrogen-bond donors (Lipinski definition) is 2. The second-order valence-electron chi connectivity index (χ2n) is 7.19. The number of aliphatic hydroxyl groups is 1. The minimum atomic E-state index is -5.89. The lowest BCUT2D eigenvalue weighted by molar-refractivity contribution is -0.380. The Bertz CT molecular complexity index is 842. The zero-order valence-corrected chi connectivity index (χ0v) is 16.8. The molecule has 0 amide bonds. The van der Waals surface area contributed by atoms with E-state index in [4.69, 9.17) is 0 Å². The van der Waals surface area contributed by atoms with Gasteiger partial charge in [-0.05, 0) is 44.8 Å². The average Bonchev–Trinajstić information content (AvgIpc) is 2.65. The van der Waals surface area contributed by atoms with E-state index < -0.39 is 46.4 Å². The van der Waals surface area contributed by atoms with Crippen LogP contribution in [0.25, 0.3) is 0 Å². The molecular weight excluding hydrogens is 438 g/mol. The quantitative estimate of drug-likeness (QED) is 0.592. The minimum Gasteiger partial charge on any atom is -0.373 e. The van der Waals surface area contributed by atoms with Gasteiger partial charge in [0.15, 0.2) is 0 Å². The Balaban J connectivity index is 2.05. The molecular formula is C18H22F6N2O3S. The Kier molecular flexibility index (Phi) is 7.25. The molecule has 2 aliphatic rings. The number of sulfonamides is 1. The number of nitrogens with one attached hydrogen (secondary N) is 1. The molecule has 5 nitrogen and oxygen atoms in total. The number of hydrogen-bond acceptors (Lipinski definition) is 4. The van der Waals surface area contributed by atoms with Crippen molar-refractivity contribution in [1.82, 2.24) is 4.72 Å². The summed E-state index contributed by atoms with van der Waals surface area (Å²) in [6.07, 6.45) is -5.04. The van der Waals surface area contributed by atoms with Crippen LogP contribution in [0.1, 0.15) is 32.6 Å². The number of nitrogens with zero attached hydrogens (tertiary/aromatic N) is 1. The maximum Gasteiger partial charge on any atom is 0.426 e. The number of aliphatic imine (C=N–C) groups is 1. The van der Waals surface area contributed by atoms with Crippen molar-refractivity contribution in [1.29, 1.82) is 0 Å². The number of rotatable bonds is 6. The number of alkyl halides is 6. The third-order valence-electron chi connectivity index (χ3n) is 4.91. The highest BCUT2D eigenvalue weighted by molar-refractivity contribution is 7.93. The lowest BCUT2D eigenvalue weighted by atomic mass is 9.79. The van der Waals surface area contributed by atoms with Gasteiger partial charge < -0.3 is 5.11 Å². The summed E-state index contributed by atoms with van der Waals surface area (Å²) in [5.74, 6) is -2.20. The lowest BCUT2D eigenvalue weighted by Crippen LogP contribution is -2.61. The van der Waals surface area contributed by atoms with Crippen molar-refractivity contribution in [3.05, 3.63) is 35.3 Å². The summed E-state index contributed by atoms with van der Waals surface area (Å²) in [6.45, 7) is 1.48. The molecule has 12 heteroatoms. The summed E-state index contributed by atoms with van der Waals surface area (Å²) in [6, 6.07) is -0.597. The van der Waals surface area contributed by atoms with Crippen molar-refractivity contribution in [2.45, 2.75) is 56.6 Å². The SMILES string of the molecule is CC(CNS(=O)(=O)C1=CC=CCC1)N=C1C=CC(C(O)(C(F)(F)F)C(F)(F)F)CC1. The summed E-state index contributed by atoms with van der Waals surface area (Å²) in [7, 11) is -3.69. The van der Waals surface area contributed by atoms with Crippen LogP contribution in [0.15, 0.2) is 40.3 Å². The van der Waals surface area contributed by atoms with Gasteiger partial charge in [-0.3, -0.25) is 4.99 Å².